The number of rotatable bonds is 14. The van der Waals surface area contributed by atoms with Gasteiger partial charge in [0.25, 0.3) is 0 Å². The average molecular weight is 410 g/mol. The molecule has 0 aromatic heterocycles. The third-order valence-corrected chi connectivity index (χ3v) is 5.36. The predicted octanol–water partition coefficient (Wildman–Crippen LogP) is 5.47. The summed E-state index contributed by atoms with van der Waals surface area (Å²) in [5.74, 6) is -1.39. The minimum Gasteiger partial charge on any atom is -0.872 e. The molecule has 0 spiro atoms. The summed E-state index contributed by atoms with van der Waals surface area (Å²) in [6.45, 7) is 15.0. The molecule has 0 amide bonds. The Morgan fingerprint density at radius 2 is 1.31 bits per heavy atom. The van der Waals surface area contributed by atoms with Crippen molar-refractivity contribution < 1.29 is 24.2 Å². The summed E-state index contributed by atoms with van der Waals surface area (Å²) in [6.07, 6.45) is 11.1. The van der Waals surface area contributed by atoms with Crippen molar-refractivity contribution in [3.63, 3.8) is 0 Å². The average Bonchev–Trinajstić information content (AvgIpc) is 2.72. The number of benzene rings is 1. The van der Waals surface area contributed by atoms with E-state index in [0.717, 1.165) is 6.07 Å². The summed E-state index contributed by atoms with van der Waals surface area (Å²) < 4.78 is 6.16. The molecule has 0 unspecified atom stereocenters. The number of carboxylic acids is 1. The van der Waals surface area contributed by atoms with E-state index in [1.165, 1.54) is 101 Å². The van der Waals surface area contributed by atoms with Gasteiger partial charge in [-0.25, -0.2) is 4.79 Å². The molecule has 1 aromatic rings. The fourth-order valence-corrected chi connectivity index (χ4v) is 3.45. The van der Waals surface area contributed by atoms with Gasteiger partial charge < -0.3 is 19.4 Å². The Balaban J connectivity index is 0.000000571. The Morgan fingerprint density at radius 1 is 0.897 bits per heavy atom. The van der Waals surface area contributed by atoms with Gasteiger partial charge in [-0.3, -0.25) is 0 Å². The van der Waals surface area contributed by atoms with Crippen LogP contribution in [0, 0.1) is 0 Å². The molecule has 0 saturated heterocycles. The van der Waals surface area contributed by atoms with Crippen molar-refractivity contribution in [2.24, 2.45) is 0 Å². The minimum atomic E-state index is -1.22. The van der Waals surface area contributed by atoms with E-state index < -0.39 is 11.7 Å². The van der Waals surface area contributed by atoms with Gasteiger partial charge in [0.1, 0.15) is 5.75 Å². The first-order chi connectivity index (χ1) is 13.9. The van der Waals surface area contributed by atoms with E-state index in [1.54, 1.807) is 0 Å². The van der Waals surface area contributed by atoms with Crippen molar-refractivity contribution in [2.75, 3.05) is 33.3 Å². The Hall–Kier alpha value is -1.75. The molecule has 168 valence electrons. The number of aromatic carboxylic acids is 1. The van der Waals surface area contributed by atoms with Crippen LogP contribution in [0.1, 0.15) is 89.4 Å². The maximum atomic E-state index is 11.0. The van der Waals surface area contributed by atoms with Gasteiger partial charge in [0.05, 0.1) is 38.9 Å². The van der Waals surface area contributed by atoms with Gasteiger partial charge in [-0.2, -0.15) is 0 Å². The lowest BCUT2D eigenvalue weighted by molar-refractivity contribution is -0.929. The number of carboxylic acid groups (broad SMARTS) is 1. The number of hydrogen-bond acceptors (Lipinski definition) is 3. The van der Waals surface area contributed by atoms with E-state index in [0.29, 0.717) is 5.75 Å². The maximum Gasteiger partial charge on any atom is 0.335 e. The number of hydrogen-bond donors (Lipinski definition) is 1. The topological polar surface area (TPSA) is 69.6 Å². The van der Waals surface area contributed by atoms with Gasteiger partial charge in [-0.1, -0.05) is 59.1 Å². The lowest BCUT2D eigenvalue weighted by Crippen LogP contribution is -2.50. The van der Waals surface area contributed by atoms with E-state index in [9.17, 15) is 9.90 Å². The molecule has 1 rings (SSSR count). The van der Waals surface area contributed by atoms with Gasteiger partial charge in [0, 0.05) is 0 Å². The minimum absolute atomic E-state index is 0.240. The molecule has 1 N–H and O–H groups in total. The Labute approximate surface area is 178 Å². The van der Waals surface area contributed by atoms with Crippen LogP contribution < -0.4 is 9.84 Å². The highest BCUT2D eigenvalue weighted by Crippen LogP contribution is 2.20. The second kappa shape index (κ2) is 16.1. The molecule has 5 nitrogen and oxygen atoms in total. The van der Waals surface area contributed by atoms with E-state index >= 15 is 0 Å². The highest BCUT2D eigenvalue weighted by Gasteiger charge is 2.24. The molecular formula is C24H43NO4. The van der Waals surface area contributed by atoms with Crippen LogP contribution in [-0.2, 0) is 0 Å². The number of ether oxygens (including phenoxy) is 1. The number of nitrogens with zero attached hydrogens (tertiary/aromatic N) is 1. The third-order valence-electron chi connectivity index (χ3n) is 5.36. The predicted molar refractivity (Wildman–Crippen MR) is 119 cm³/mol. The summed E-state index contributed by atoms with van der Waals surface area (Å²) in [5.41, 5.74) is -0.240. The molecule has 0 radical (unpaired) electrons. The smallest absolute Gasteiger partial charge is 0.335 e. The Bertz CT molecular complexity index is 522. The molecule has 0 bridgehead atoms. The summed E-state index contributed by atoms with van der Waals surface area (Å²) in [4.78, 5) is 10.4. The monoisotopic (exact) mass is 409 g/mol. The Morgan fingerprint density at radius 3 is 1.59 bits per heavy atom. The van der Waals surface area contributed by atoms with Gasteiger partial charge in [0.15, 0.2) is 0 Å². The fourth-order valence-electron chi connectivity index (χ4n) is 3.45. The van der Waals surface area contributed by atoms with E-state index in [4.69, 9.17) is 9.84 Å². The number of carbonyl (C=O) groups is 1. The van der Waals surface area contributed by atoms with Crippen LogP contribution in [0.2, 0.25) is 0 Å². The lowest BCUT2D eigenvalue weighted by Gasteiger charge is -2.39. The first-order valence-electron chi connectivity index (χ1n) is 11.3. The van der Waals surface area contributed by atoms with Crippen molar-refractivity contribution in [3.05, 3.63) is 23.8 Å². The van der Waals surface area contributed by atoms with Gasteiger partial charge in [-0.05, 0) is 43.9 Å². The van der Waals surface area contributed by atoms with Gasteiger partial charge in [-0.15, -0.1) is 0 Å². The van der Waals surface area contributed by atoms with Crippen LogP contribution in [0.4, 0.5) is 0 Å². The number of methoxy groups -OCH3 is 1. The van der Waals surface area contributed by atoms with Crippen molar-refractivity contribution >= 4 is 5.97 Å². The molecule has 0 fully saturated rings. The molecule has 29 heavy (non-hydrogen) atoms. The summed E-state index contributed by atoms with van der Waals surface area (Å²) in [6, 6.07) is 3.80. The molecule has 5 heteroatoms. The van der Waals surface area contributed by atoms with E-state index in [-0.39, 0.29) is 5.56 Å². The quantitative estimate of drug-likeness (QED) is 0.414. The molecule has 0 aliphatic carbocycles. The standard InChI is InChI=1S/C16H36N.C8H8O4/c1-5-9-13-17(14-10-6-2,15-11-7-3)16-12-8-4;1-12-5-2-3-6(8(10)11)7(9)4-5/h5-16H2,1-4H3;2-4,9H,1H3,(H,10,11)/q+1;/p-1. The zero-order chi connectivity index (χ0) is 22.1. The van der Waals surface area contributed by atoms with Crippen LogP contribution in [0.25, 0.3) is 0 Å². The molecule has 0 atom stereocenters. The highest BCUT2D eigenvalue weighted by atomic mass is 16.5. The van der Waals surface area contributed by atoms with Crippen LogP contribution in [0.3, 0.4) is 0 Å². The van der Waals surface area contributed by atoms with Crippen molar-refractivity contribution in [3.8, 4) is 11.5 Å². The highest BCUT2D eigenvalue weighted by molar-refractivity contribution is 5.90. The second-order valence-electron chi connectivity index (χ2n) is 7.82. The normalized spacial score (nSPS) is 10.9. The van der Waals surface area contributed by atoms with E-state index in [1.807, 2.05) is 0 Å². The van der Waals surface area contributed by atoms with Crippen molar-refractivity contribution in [1.29, 1.82) is 0 Å². The molecule has 0 heterocycles. The van der Waals surface area contributed by atoms with Crippen LogP contribution in [0.5, 0.6) is 11.5 Å². The summed E-state index contributed by atoms with van der Waals surface area (Å²) in [5, 5.41) is 19.5. The SMILES string of the molecule is CCCC[N+](CCCC)(CCCC)CCCC.COc1ccc(C(=O)O)c([O-])c1. The summed E-state index contributed by atoms with van der Waals surface area (Å²) >= 11 is 0. The first-order valence-corrected chi connectivity index (χ1v) is 11.3. The molecule has 0 aliphatic rings. The molecular weight excluding hydrogens is 366 g/mol. The van der Waals surface area contributed by atoms with Crippen LogP contribution in [-0.4, -0.2) is 48.8 Å². The maximum absolute atomic E-state index is 11.0. The largest absolute Gasteiger partial charge is 0.872 e. The molecule has 0 aliphatic heterocycles. The first kappa shape index (κ1) is 27.2. The van der Waals surface area contributed by atoms with Crippen molar-refractivity contribution in [1.82, 2.24) is 0 Å². The molecule has 1 aromatic carbocycles. The lowest BCUT2D eigenvalue weighted by atomic mass is 10.1. The zero-order valence-corrected chi connectivity index (χ0v) is 19.3. The zero-order valence-electron chi connectivity index (χ0n) is 19.3. The molecule has 0 saturated carbocycles. The number of quaternary nitrogens is 1. The number of unbranched alkanes of at least 4 members (excludes halogenated alkanes) is 4. The Kier molecular flexibility index (Phi) is 15.1. The second-order valence-corrected chi connectivity index (χ2v) is 7.82. The van der Waals surface area contributed by atoms with Crippen molar-refractivity contribution in [2.45, 2.75) is 79.1 Å². The van der Waals surface area contributed by atoms with Gasteiger partial charge >= 0.3 is 5.97 Å². The summed E-state index contributed by atoms with van der Waals surface area (Å²) in [7, 11) is 1.41. The van der Waals surface area contributed by atoms with Crippen LogP contribution in [0.15, 0.2) is 18.2 Å². The fraction of sp³-hybridized carbons (Fsp3) is 0.708. The van der Waals surface area contributed by atoms with E-state index in [2.05, 4.69) is 27.7 Å². The van der Waals surface area contributed by atoms with Crippen LogP contribution >= 0.6 is 0 Å². The van der Waals surface area contributed by atoms with Gasteiger partial charge in [0.2, 0.25) is 0 Å². The third kappa shape index (κ3) is 11.1.